The van der Waals surface area contributed by atoms with Crippen LogP contribution in [0.3, 0.4) is 0 Å². The van der Waals surface area contributed by atoms with Crippen molar-refractivity contribution in [2.75, 3.05) is 19.8 Å². The van der Waals surface area contributed by atoms with Gasteiger partial charge in [-0.05, 0) is 63.4 Å². The molecule has 2 aliphatic heterocycles. The number of nitrogens with one attached hydrogen (secondary N) is 1. The van der Waals surface area contributed by atoms with Gasteiger partial charge in [0.2, 0.25) is 11.8 Å². The number of amides is 2. The molecule has 1 aromatic rings. The number of likely N-dealkylation sites (tertiary alicyclic amines) is 1. The number of morpholine rings is 1. The van der Waals surface area contributed by atoms with Crippen LogP contribution in [0.1, 0.15) is 69.8 Å². The fourth-order valence-electron chi connectivity index (χ4n) is 6.29. The number of nitrogens with zero attached hydrogens (tertiary/aromatic N) is 1. The van der Waals surface area contributed by atoms with Gasteiger partial charge in [0.05, 0.1) is 30.9 Å². The SMILES string of the molecule is CC1CC2(COCC(=O)N2)C(COC2CCC(c3ccccc3)CC2)N1C(=O)C1CCC1. The second-order valence-corrected chi connectivity index (χ2v) is 10.4. The number of ether oxygens (including phenoxy) is 2. The minimum atomic E-state index is -0.532. The molecule has 6 nitrogen and oxygen atoms in total. The Balaban J connectivity index is 1.26. The molecule has 3 unspecified atom stereocenters. The van der Waals surface area contributed by atoms with Gasteiger partial charge in [0.1, 0.15) is 6.61 Å². The molecule has 6 heteroatoms. The number of rotatable bonds is 5. The van der Waals surface area contributed by atoms with E-state index in [0.29, 0.717) is 19.1 Å². The van der Waals surface area contributed by atoms with Crippen LogP contribution in [0.5, 0.6) is 0 Å². The highest BCUT2D eigenvalue weighted by atomic mass is 16.5. The van der Waals surface area contributed by atoms with E-state index in [-0.39, 0.29) is 42.5 Å². The fraction of sp³-hybridized carbons (Fsp3) is 0.692. The number of carbonyl (C=O) groups is 2. The lowest BCUT2D eigenvalue weighted by Crippen LogP contribution is -2.65. The van der Waals surface area contributed by atoms with E-state index < -0.39 is 5.54 Å². The molecule has 2 heterocycles. The van der Waals surface area contributed by atoms with Gasteiger partial charge in [-0.15, -0.1) is 0 Å². The molecule has 1 N–H and O–H groups in total. The summed E-state index contributed by atoms with van der Waals surface area (Å²) in [5.74, 6) is 0.893. The molecule has 2 saturated heterocycles. The van der Waals surface area contributed by atoms with E-state index >= 15 is 0 Å². The molecule has 3 atom stereocenters. The summed E-state index contributed by atoms with van der Waals surface area (Å²) in [6, 6.07) is 10.7. The first-order valence-electron chi connectivity index (χ1n) is 12.4. The van der Waals surface area contributed by atoms with E-state index in [0.717, 1.165) is 51.4 Å². The standard InChI is InChI=1S/C26H36N2O4/c1-18-14-26(17-31-16-24(29)27-26)23(28(18)25(30)21-8-5-9-21)15-32-22-12-10-20(11-13-22)19-6-3-2-4-7-19/h2-4,6-7,18,20-23H,5,8-17H2,1H3,(H,27,29). The molecule has 32 heavy (non-hydrogen) atoms. The number of hydrogen-bond acceptors (Lipinski definition) is 4. The van der Waals surface area contributed by atoms with E-state index in [9.17, 15) is 9.59 Å². The van der Waals surface area contributed by atoms with Crippen LogP contribution in [0.15, 0.2) is 30.3 Å². The lowest BCUT2D eigenvalue weighted by atomic mass is 9.82. The zero-order chi connectivity index (χ0) is 22.1. The van der Waals surface area contributed by atoms with Crippen molar-refractivity contribution in [1.29, 1.82) is 0 Å². The quantitative estimate of drug-likeness (QED) is 0.762. The second-order valence-electron chi connectivity index (χ2n) is 10.4. The van der Waals surface area contributed by atoms with Crippen molar-refractivity contribution in [3.8, 4) is 0 Å². The summed E-state index contributed by atoms with van der Waals surface area (Å²) in [4.78, 5) is 27.6. The Bertz CT molecular complexity index is 818. The van der Waals surface area contributed by atoms with Crippen LogP contribution in [-0.2, 0) is 19.1 Å². The van der Waals surface area contributed by atoms with Crippen LogP contribution in [0.4, 0.5) is 0 Å². The van der Waals surface area contributed by atoms with Crippen LogP contribution >= 0.6 is 0 Å². The molecule has 4 aliphatic rings. The van der Waals surface area contributed by atoms with Crippen molar-refractivity contribution in [2.45, 2.75) is 87.9 Å². The molecule has 2 aliphatic carbocycles. The maximum atomic E-state index is 13.3. The summed E-state index contributed by atoms with van der Waals surface area (Å²) in [6.07, 6.45) is 8.37. The fourth-order valence-corrected chi connectivity index (χ4v) is 6.29. The maximum Gasteiger partial charge on any atom is 0.246 e. The predicted molar refractivity (Wildman–Crippen MR) is 121 cm³/mol. The zero-order valence-electron chi connectivity index (χ0n) is 19.1. The lowest BCUT2D eigenvalue weighted by Gasteiger charge is -2.43. The summed E-state index contributed by atoms with van der Waals surface area (Å²) >= 11 is 0. The van der Waals surface area contributed by atoms with Gasteiger partial charge in [0, 0.05) is 12.0 Å². The third-order valence-electron chi connectivity index (χ3n) is 8.23. The topological polar surface area (TPSA) is 67.9 Å². The van der Waals surface area contributed by atoms with Crippen molar-refractivity contribution in [3.05, 3.63) is 35.9 Å². The van der Waals surface area contributed by atoms with E-state index in [4.69, 9.17) is 9.47 Å². The molecule has 0 radical (unpaired) electrons. The summed E-state index contributed by atoms with van der Waals surface area (Å²) in [5.41, 5.74) is 0.893. The van der Waals surface area contributed by atoms with Gasteiger partial charge in [0.15, 0.2) is 0 Å². The van der Waals surface area contributed by atoms with Crippen LogP contribution in [-0.4, -0.2) is 60.3 Å². The molecule has 1 spiro atoms. The summed E-state index contributed by atoms with van der Waals surface area (Å²) in [5, 5.41) is 3.21. The lowest BCUT2D eigenvalue weighted by molar-refractivity contribution is -0.148. The Morgan fingerprint density at radius 1 is 1.16 bits per heavy atom. The highest BCUT2D eigenvalue weighted by Crippen LogP contribution is 2.40. The first kappa shape index (κ1) is 21.9. The first-order valence-corrected chi connectivity index (χ1v) is 12.4. The van der Waals surface area contributed by atoms with E-state index in [1.807, 2.05) is 4.90 Å². The van der Waals surface area contributed by atoms with Gasteiger partial charge in [-0.2, -0.15) is 0 Å². The van der Waals surface area contributed by atoms with Crippen LogP contribution in [0.2, 0.25) is 0 Å². The molecule has 5 rings (SSSR count). The highest BCUT2D eigenvalue weighted by molar-refractivity contribution is 5.82. The molecular formula is C26H36N2O4. The van der Waals surface area contributed by atoms with Gasteiger partial charge >= 0.3 is 0 Å². The summed E-state index contributed by atoms with van der Waals surface area (Å²) in [6.45, 7) is 3.12. The van der Waals surface area contributed by atoms with Gasteiger partial charge in [-0.3, -0.25) is 9.59 Å². The Morgan fingerprint density at radius 3 is 2.56 bits per heavy atom. The number of hydrogen-bond donors (Lipinski definition) is 1. The van der Waals surface area contributed by atoms with Crippen molar-refractivity contribution >= 4 is 11.8 Å². The molecule has 174 valence electrons. The molecular weight excluding hydrogens is 404 g/mol. The number of benzene rings is 1. The second kappa shape index (κ2) is 9.14. The van der Waals surface area contributed by atoms with Gasteiger partial charge in [-0.1, -0.05) is 36.8 Å². The highest BCUT2D eigenvalue weighted by Gasteiger charge is 2.56. The van der Waals surface area contributed by atoms with Gasteiger partial charge in [-0.25, -0.2) is 0 Å². The molecule has 2 saturated carbocycles. The van der Waals surface area contributed by atoms with Crippen LogP contribution in [0, 0.1) is 5.92 Å². The third kappa shape index (κ3) is 4.19. The van der Waals surface area contributed by atoms with Crippen LogP contribution < -0.4 is 5.32 Å². The maximum absolute atomic E-state index is 13.3. The monoisotopic (exact) mass is 440 g/mol. The third-order valence-corrected chi connectivity index (χ3v) is 8.23. The number of carbonyl (C=O) groups excluding carboxylic acids is 2. The average Bonchev–Trinajstić information content (AvgIpc) is 3.02. The molecule has 0 bridgehead atoms. The Labute approximate surface area is 191 Å². The summed E-state index contributed by atoms with van der Waals surface area (Å²) < 4.78 is 12.1. The Kier molecular flexibility index (Phi) is 6.26. The van der Waals surface area contributed by atoms with Crippen molar-refractivity contribution in [2.24, 2.45) is 5.92 Å². The van der Waals surface area contributed by atoms with E-state index in [1.165, 1.54) is 5.56 Å². The zero-order valence-corrected chi connectivity index (χ0v) is 19.1. The molecule has 2 amide bonds. The largest absolute Gasteiger partial charge is 0.376 e. The van der Waals surface area contributed by atoms with Crippen molar-refractivity contribution < 1.29 is 19.1 Å². The van der Waals surface area contributed by atoms with Gasteiger partial charge < -0.3 is 19.7 Å². The van der Waals surface area contributed by atoms with Gasteiger partial charge in [0.25, 0.3) is 0 Å². The average molecular weight is 441 g/mol. The summed E-state index contributed by atoms with van der Waals surface area (Å²) in [7, 11) is 0. The molecule has 4 fully saturated rings. The van der Waals surface area contributed by atoms with E-state index in [1.54, 1.807) is 0 Å². The van der Waals surface area contributed by atoms with Crippen molar-refractivity contribution in [3.63, 3.8) is 0 Å². The molecule has 1 aromatic carbocycles. The Hall–Kier alpha value is -1.92. The smallest absolute Gasteiger partial charge is 0.246 e. The minimum Gasteiger partial charge on any atom is -0.376 e. The first-order chi connectivity index (χ1) is 15.6. The van der Waals surface area contributed by atoms with E-state index in [2.05, 4.69) is 42.6 Å². The predicted octanol–water partition coefficient (Wildman–Crippen LogP) is 3.40. The Morgan fingerprint density at radius 2 is 1.91 bits per heavy atom. The van der Waals surface area contributed by atoms with Crippen LogP contribution in [0.25, 0.3) is 0 Å². The normalized spacial score (nSPS) is 35.5. The molecule has 0 aromatic heterocycles. The van der Waals surface area contributed by atoms with Crippen molar-refractivity contribution in [1.82, 2.24) is 10.2 Å². The minimum absolute atomic E-state index is 0.0764.